The van der Waals surface area contributed by atoms with Crippen LogP contribution < -0.4 is 10.5 Å². The maximum absolute atomic E-state index is 8.26. The Hall–Kier alpha value is -1.69. The predicted molar refractivity (Wildman–Crippen MR) is 46.7 cm³/mol. The van der Waals surface area contributed by atoms with Gasteiger partial charge in [-0.3, -0.25) is 0 Å². The lowest BCUT2D eigenvalue weighted by Crippen LogP contribution is -1.97. The van der Waals surface area contributed by atoms with Crippen molar-refractivity contribution in [3.8, 4) is 11.8 Å². The van der Waals surface area contributed by atoms with Crippen LogP contribution in [0.15, 0.2) is 18.2 Å². The lowest BCUT2D eigenvalue weighted by atomic mass is 10.2. The van der Waals surface area contributed by atoms with Gasteiger partial charge < -0.3 is 10.5 Å². The zero-order valence-corrected chi connectivity index (χ0v) is 6.87. The van der Waals surface area contributed by atoms with Gasteiger partial charge in [0.05, 0.1) is 5.69 Å². The number of nitrogen functional groups attached to an aromatic ring is 1. The van der Waals surface area contributed by atoms with E-state index in [2.05, 4.69) is 0 Å². The molecule has 0 spiro atoms. The molecule has 0 bridgehead atoms. The molecule has 0 unspecified atom stereocenters. The van der Waals surface area contributed by atoms with Crippen LogP contribution in [0.4, 0.5) is 5.69 Å². The van der Waals surface area contributed by atoms with Crippen LogP contribution in [-0.4, -0.2) is 6.61 Å². The molecule has 0 heterocycles. The fourth-order valence-corrected chi connectivity index (χ4v) is 0.909. The first-order valence-electron chi connectivity index (χ1n) is 3.60. The van der Waals surface area contributed by atoms with Crippen molar-refractivity contribution in [1.29, 1.82) is 5.26 Å². The minimum absolute atomic E-state index is 0.0350. The molecule has 0 saturated heterocycles. The molecule has 0 aromatic heterocycles. The van der Waals surface area contributed by atoms with Crippen molar-refractivity contribution in [1.82, 2.24) is 0 Å². The van der Waals surface area contributed by atoms with Crippen molar-refractivity contribution >= 4 is 5.69 Å². The van der Waals surface area contributed by atoms with E-state index in [-0.39, 0.29) is 6.61 Å². The summed E-state index contributed by atoms with van der Waals surface area (Å²) in [6, 6.07) is 7.35. The van der Waals surface area contributed by atoms with Crippen LogP contribution in [0, 0.1) is 18.3 Å². The van der Waals surface area contributed by atoms with Gasteiger partial charge in [0.25, 0.3) is 0 Å². The second-order valence-electron chi connectivity index (χ2n) is 2.49. The molecular weight excluding hydrogens is 152 g/mol. The molecule has 1 rings (SSSR count). The van der Waals surface area contributed by atoms with E-state index >= 15 is 0 Å². The van der Waals surface area contributed by atoms with Crippen molar-refractivity contribution < 1.29 is 4.74 Å². The highest BCUT2D eigenvalue weighted by Gasteiger charge is 1.98. The molecule has 0 atom stereocenters. The zero-order valence-electron chi connectivity index (χ0n) is 6.87. The largest absolute Gasteiger partial charge is 0.477 e. The third-order valence-corrected chi connectivity index (χ3v) is 1.46. The number of rotatable bonds is 2. The number of nitriles is 1. The van der Waals surface area contributed by atoms with Crippen molar-refractivity contribution in [2.24, 2.45) is 0 Å². The van der Waals surface area contributed by atoms with Crippen LogP contribution in [0.2, 0.25) is 0 Å². The average molecular weight is 162 g/mol. The number of hydrogen-bond donors (Lipinski definition) is 1. The normalized spacial score (nSPS) is 9.00. The molecule has 0 aliphatic carbocycles. The molecule has 12 heavy (non-hydrogen) atoms. The quantitative estimate of drug-likeness (QED) is 0.670. The van der Waals surface area contributed by atoms with Crippen LogP contribution in [0.1, 0.15) is 5.56 Å². The standard InChI is InChI=1S/C9H10N2O/c1-7-2-3-9(8(11)6-7)12-5-4-10/h2-3,6H,5,11H2,1H3. The Morgan fingerprint density at radius 1 is 1.58 bits per heavy atom. The van der Waals surface area contributed by atoms with E-state index in [0.29, 0.717) is 11.4 Å². The summed E-state index contributed by atoms with van der Waals surface area (Å²) in [5.41, 5.74) is 7.28. The highest BCUT2D eigenvalue weighted by Crippen LogP contribution is 2.21. The molecule has 2 N–H and O–H groups in total. The van der Waals surface area contributed by atoms with Crippen LogP contribution in [-0.2, 0) is 0 Å². The van der Waals surface area contributed by atoms with E-state index in [0.717, 1.165) is 5.56 Å². The van der Waals surface area contributed by atoms with E-state index in [4.69, 9.17) is 15.7 Å². The molecule has 0 aliphatic heterocycles. The number of ether oxygens (including phenoxy) is 1. The van der Waals surface area contributed by atoms with E-state index < -0.39 is 0 Å². The second-order valence-corrected chi connectivity index (χ2v) is 2.49. The van der Waals surface area contributed by atoms with Gasteiger partial charge in [-0.1, -0.05) is 6.07 Å². The maximum atomic E-state index is 8.26. The van der Waals surface area contributed by atoms with Gasteiger partial charge in [-0.2, -0.15) is 5.26 Å². The molecule has 3 heteroatoms. The molecule has 0 amide bonds. The highest BCUT2D eigenvalue weighted by molar-refractivity contribution is 5.54. The third-order valence-electron chi connectivity index (χ3n) is 1.46. The average Bonchev–Trinajstić information content (AvgIpc) is 2.03. The summed E-state index contributed by atoms with van der Waals surface area (Å²) in [5.74, 6) is 0.571. The maximum Gasteiger partial charge on any atom is 0.174 e. The molecule has 0 radical (unpaired) electrons. The van der Waals surface area contributed by atoms with E-state index in [1.165, 1.54) is 0 Å². The van der Waals surface area contributed by atoms with Gasteiger partial charge in [-0.15, -0.1) is 0 Å². The van der Waals surface area contributed by atoms with Crippen LogP contribution in [0.3, 0.4) is 0 Å². The van der Waals surface area contributed by atoms with Gasteiger partial charge in [-0.05, 0) is 24.6 Å². The number of aryl methyl sites for hydroxylation is 1. The van der Waals surface area contributed by atoms with Gasteiger partial charge in [0, 0.05) is 0 Å². The molecule has 1 aromatic carbocycles. The molecule has 0 aliphatic rings. The highest BCUT2D eigenvalue weighted by atomic mass is 16.5. The van der Waals surface area contributed by atoms with Gasteiger partial charge in [0.15, 0.2) is 6.61 Å². The lowest BCUT2D eigenvalue weighted by Gasteiger charge is -2.05. The summed E-state index contributed by atoms with van der Waals surface area (Å²) in [6.45, 7) is 1.98. The van der Waals surface area contributed by atoms with Gasteiger partial charge in [0.1, 0.15) is 11.8 Å². The first-order valence-corrected chi connectivity index (χ1v) is 3.60. The Morgan fingerprint density at radius 3 is 2.92 bits per heavy atom. The third kappa shape index (κ3) is 1.89. The number of benzene rings is 1. The fraction of sp³-hybridized carbons (Fsp3) is 0.222. The summed E-state index contributed by atoms with van der Waals surface area (Å²) >= 11 is 0. The summed E-state index contributed by atoms with van der Waals surface area (Å²) in [7, 11) is 0. The summed E-state index contributed by atoms with van der Waals surface area (Å²) in [4.78, 5) is 0. The number of hydrogen-bond acceptors (Lipinski definition) is 3. The molecule has 0 fully saturated rings. The topological polar surface area (TPSA) is 59.0 Å². The van der Waals surface area contributed by atoms with Crippen molar-refractivity contribution in [2.75, 3.05) is 12.3 Å². The molecule has 3 nitrogen and oxygen atoms in total. The first kappa shape index (κ1) is 8.41. The SMILES string of the molecule is Cc1ccc(OCC#N)c(N)c1. The number of anilines is 1. The Balaban J connectivity index is 2.81. The smallest absolute Gasteiger partial charge is 0.174 e. The molecule has 62 valence electrons. The van der Waals surface area contributed by atoms with Crippen LogP contribution in [0.25, 0.3) is 0 Å². The summed E-state index contributed by atoms with van der Waals surface area (Å²) in [5, 5.41) is 8.26. The van der Waals surface area contributed by atoms with Crippen molar-refractivity contribution in [3.63, 3.8) is 0 Å². The number of nitrogens with two attached hydrogens (primary N) is 1. The number of nitrogens with zero attached hydrogens (tertiary/aromatic N) is 1. The van der Waals surface area contributed by atoms with Crippen molar-refractivity contribution in [3.05, 3.63) is 23.8 Å². The van der Waals surface area contributed by atoms with Crippen LogP contribution in [0.5, 0.6) is 5.75 Å². The van der Waals surface area contributed by atoms with Crippen molar-refractivity contribution in [2.45, 2.75) is 6.92 Å². The second kappa shape index (κ2) is 3.63. The predicted octanol–water partition coefficient (Wildman–Crippen LogP) is 1.48. The van der Waals surface area contributed by atoms with E-state index in [1.807, 2.05) is 25.1 Å². The Morgan fingerprint density at radius 2 is 2.33 bits per heavy atom. The summed E-state index contributed by atoms with van der Waals surface area (Å²) in [6.07, 6.45) is 0. The van der Waals surface area contributed by atoms with Gasteiger partial charge >= 0.3 is 0 Å². The zero-order chi connectivity index (χ0) is 8.97. The molecule has 0 saturated carbocycles. The van der Waals surface area contributed by atoms with Gasteiger partial charge in [-0.25, -0.2) is 0 Å². The minimum atomic E-state index is 0.0350. The molecule has 1 aromatic rings. The molecular formula is C9H10N2O. The monoisotopic (exact) mass is 162 g/mol. The van der Waals surface area contributed by atoms with Gasteiger partial charge in [0.2, 0.25) is 0 Å². The van der Waals surface area contributed by atoms with Crippen LogP contribution >= 0.6 is 0 Å². The fourth-order valence-electron chi connectivity index (χ4n) is 0.909. The Bertz CT molecular complexity index is 315. The minimum Gasteiger partial charge on any atom is -0.477 e. The Labute approximate surface area is 71.4 Å². The first-order chi connectivity index (χ1) is 5.74. The van der Waals surface area contributed by atoms with E-state index in [1.54, 1.807) is 6.07 Å². The Kier molecular flexibility index (Phi) is 2.54. The van der Waals surface area contributed by atoms with E-state index in [9.17, 15) is 0 Å². The summed E-state index contributed by atoms with van der Waals surface area (Å²) < 4.78 is 5.05. The lowest BCUT2D eigenvalue weighted by molar-refractivity contribution is 0.370.